The Bertz CT molecular complexity index is 383. The van der Waals surface area contributed by atoms with Crippen LogP contribution in [-0.4, -0.2) is 32.4 Å². The van der Waals surface area contributed by atoms with E-state index in [0.717, 1.165) is 37.1 Å². The van der Waals surface area contributed by atoms with Gasteiger partial charge in [0.15, 0.2) is 0 Å². The van der Waals surface area contributed by atoms with E-state index in [1.165, 1.54) is 12.1 Å². The summed E-state index contributed by atoms with van der Waals surface area (Å²) in [5.41, 5.74) is 0. The summed E-state index contributed by atoms with van der Waals surface area (Å²) < 4.78 is 24.6. The predicted octanol–water partition coefficient (Wildman–Crippen LogP) is 2.74. The number of nitrogens with one attached hydrogen (secondary N) is 1. The van der Waals surface area contributed by atoms with Gasteiger partial charge in [0.1, 0.15) is 18.2 Å². The lowest BCUT2D eigenvalue weighted by atomic mass is 10.1. The fourth-order valence-electron chi connectivity index (χ4n) is 1.91. The first-order valence-electron chi connectivity index (χ1n) is 6.14. The van der Waals surface area contributed by atoms with E-state index in [1.54, 1.807) is 6.07 Å². The Balaban J connectivity index is 1.69. The van der Waals surface area contributed by atoms with Crippen LogP contribution in [0.5, 0.6) is 5.75 Å². The van der Waals surface area contributed by atoms with Crippen molar-refractivity contribution < 1.29 is 13.9 Å². The van der Waals surface area contributed by atoms with Crippen molar-refractivity contribution in [3.63, 3.8) is 0 Å². The molecular formula is C13H17BrFNO2. The normalized spacial score (nSPS) is 16.8. The zero-order chi connectivity index (χ0) is 12.8. The van der Waals surface area contributed by atoms with E-state index in [2.05, 4.69) is 21.2 Å². The Morgan fingerprint density at radius 2 is 2.17 bits per heavy atom. The van der Waals surface area contributed by atoms with Crippen molar-refractivity contribution >= 4 is 15.9 Å². The molecule has 0 spiro atoms. The second kappa shape index (κ2) is 7.07. The van der Waals surface area contributed by atoms with E-state index in [0.29, 0.717) is 18.4 Å². The maximum absolute atomic E-state index is 13.0. The van der Waals surface area contributed by atoms with Gasteiger partial charge in [-0.2, -0.15) is 0 Å². The van der Waals surface area contributed by atoms with Crippen LogP contribution in [0, 0.1) is 5.82 Å². The molecule has 1 aliphatic rings. The molecule has 1 heterocycles. The summed E-state index contributed by atoms with van der Waals surface area (Å²) in [6.45, 7) is 2.94. The minimum atomic E-state index is -0.286. The van der Waals surface area contributed by atoms with Crippen LogP contribution in [0.2, 0.25) is 0 Å². The third-order valence-corrected chi connectivity index (χ3v) is 3.56. The largest absolute Gasteiger partial charge is 0.491 e. The Morgan fingerprint density at radius 3 is 2.94 bits per heavy atom. The molecule has 18 heavy (non-hydrogen) atoms. The molecule has 1 N–H and O–H groups in total. The summed E-state index contributed by atoms with van der Waals surface area (Å²) in [7, 11) is 0. The smallest absolute Gasteiger partial charge is 0.136 e. The van der Waals surface area contributed by atoms with Gasteiger partial charge in [-0.05, 0) is 40.9 Å². The number of halogens is 2. The summed E-state index contributed by atoms with van der Waals surface area (Å²) in [6.07, 6.45) is 2.09. The highest BCUT2D eigenvalue weighted by molar-refractivity contribution is 9.10. The SMILES string of the molecule is Fc1ccc(Br)c(OCCNC2CCOCC2)c1. The van der Waals surface area contributed by atoms with E-state index >= 15 is 0 Å². The van der Waals surface area contributed by atoms with Gasteiger partial charge in [-0.1, -0.05) is 0 Å². The highest BCUT2D eigenvalue weighted by atomic mass is 79.9. The van der Waals surface area contributed by atoms with Crippen molar-refractivity contribution in [2.75, 3.05) is 26.4 Å². The maximum atomic E-state index is 13.0. The number of rotatable bonds is 5. The molecule has 0 amide bonds. The Labute approximate surface area is 115 Å². The summed E-state index contributed by atoms with van der Waals surface area (Å²) in [5, 5.41) is 3.41. The number of hydrogen-bond acceptors (Lipinski definition) is 3. The number of hydrogen-bond donors (Lipinski definition) is 1. The van der Waals surface area contributed by atoms with E-state index in [9.17, 15) is 4.39 Å². The molecule has 0 saturated carbocycles. The highest BCUT2D eigenvalue weighted by Gasteiger charge is 2.12. The van der Waals surface area contributed by atoms with Crippen LogP contribution in [-0.2, 0) is 4.74 Å². The van der Waals surface area contributed by atoms with Crippen LogP contribution in [0.4, 0.5) is 4.39 Å². The molecule has 1 aromatic carbocycles. The standard InChI is InChI=1S/C13H17BrFNO2/c14-12-2-1-10(15)9-13(12)18-8-5-16-11-3-6-17-7-4-11/h1-2,9,11,16H,3-8H2. The molecule has 0 aliphatic carbocycles. The second-order valence-electron chi connectivity index (χ2n) is 4.26. The maximum Gasteiger partial charge on any atom is 0.136 e. The van der Waals surface area contributed by atoms with E-state index in [1.807, 2.05) is 0 Å². The van der Waals surface area contributed by atoms with Gasteiger partial charge in [-0.15, -0.1) is 0 Å². The van der Waals surface area contributed by atoms with Crippen molar-refractivity contribution in [2.45, 2.75) is 18.9 Å². The van der Waals surface area contributed by atoms with Gasteiger partial charge in [-0.25, -0.2) is 4.39 Å². The molecule has 0 aromatic heterocycles. The molecule has 0 radical (unpaired) electrons. The molecule has 0 bridgehead atoms. The van der Waals surface area contributed by atoms with Crippen LogP contribution < -0.4 is 10.1 Å². The van der Waals surface area contributed by atoms with Crippen molar-refractivity contribution in [1.82, 2.24) is 5.32 Å². The van der Waals surface area contributed by atoms with Crippen molar-refractivity contribution in [3.05, 3.63) is 28.5 Å². The summed E-state index contributed by atoms with van der Waals surface area (Å²) in [6, 6.07) is 4.95. The first-order valence-corrected chi connectivity index (χ1v) is 6.94. The summed E-state index contributed by atoms with van der Waals surface area (Å²) >= 11 is 3.33. The van der Waals surface area contributed by atoms with Crippen LogP contribution >= 0.6 is 15.9 Å². The van der Waals surface area contributed by atoms with Crippen LogP contribution in [0.1, 0.15) is 12.8 Å². The zero-order valence-electron chi connectivity index (χ0n) is 10.1. The number of ether oxygens (including phenoxy) is 2. The average Bonchev–Trinajstić information content (AvgIpc) is 2.40. The van der Waals surface area contributed by atoms with Gasteiger partial charge in [0, 0.05) is 31.9 Å². The molecule has 1 fully saturated rings. The van der Waals surface area contributed by atoms with E-state index in [4.69, 9.17) is 9.47 Å². The molecule has 1 saturated heterocycles. The third kappa shape index (κ3) is 4.23. The lowest BCUT2D eigenvalue weighted by Crippen LogP contribution is -2.37. The van der Waals surface area contributed by atoms with Gasteiger partial charge in [-0.3, -0.25) is 0 Å². The average molecular weight is 318 g/mol. The van der Waals surface area contributed by atoms with E-state index in [-0.39, 0.29) is 5.82 Å². The highest BCUT2D eigenvalue weighted by Crippen LogP contribution is 2.25. The lowest BCUT2D eigenvalue weighted by molar-refractivity contribution is 0.0770. The van der Waals surface area contributed by atoms with Crippen molar-refractivity contribution in [2.24, 2.45) is 0 Å². The number of benzene rings is 1. The Kier molecular flexibility index (Phi) is 5.41. The first-order chi connectivity index (χ1) is 8.75. The molecular weight excluding hydrogens is 301 g/mol. The molecule has 2 rings (SSSR count). The van der Waals surface area contributed by atoms with Crippen molar-refractivity contribution in [1.29, 1.82) is 0 Å². The monoisotopic (exact) mass is 317 g/mol. The molecule has 1 aliphatic heterocycles. The van der Waals surface area contributed by atoms with Gasteiger partial charge < -0.3 is 14.8 Å². The van der Waals surface area contributed by atoms with Gasteiger partial charge in [0.2, 0.25) is 0 Å². The second-order valence-corrected chi connectivity index (χ2v) is 5.12. The fourth-order valence-corrected chi connectivity index (χ4v) is 2.27. The van der Waals surface area contributed by atoms with Crippen LogP contribution in [0.3, 0.4) is 0 Å². The topological polar surface area (TPSA) is 30.5 Å². The first kappa shape index (κ1) is 13.8. The molecule has 100 valence electrons. The van der Waals surface area contributed by atoms with Crippen LogP contribution in [0.15, 0.2) is 22.7 Å². The third-order valence-electron chi connectivity index (χ3n) is 2.91. The Hall–Kier alpha value is -0.650. The van der Waals surface area contributed by atoms with Gasteiger partial charge >= 0.3 is 0 Å². The van der Waals surface area contributed by atoms with E-state index < -0.39 is 0 Å². The van der Waals surface area contributed by atoms with Crippen LogP contribution in [0.25, 0.3) is 0 Å². The summed E-state index contributed by atoms with van der Waals surface area (Å²) in [5.74, 6) is 0.259. The lowest BCUT2D eigenvalue weighted by Gasteiger charge is -2.23. The molecule has 5 heteroatoms. The molecule has 3 nitrogen and oxygen atoms in total. The molecule has 0 atom stereocenters. The van der Waals surface area contributed by atoms with Crippen molar-refractivity contribution in [3.8, 4) is 5.75 Å². The zero-order valence-corrected chi connectivity index (χ0v) is 11.7. The predicted molar refractivity (Wildman–Crippen MR) is 71.4 cm³/mol. The minimum absolute atomic E-state index is 0.286. The van der Waals surface area contributed by atoms with Gasteiger partial charge in [0.25, 0.3) is 0 Å². The minimum Gasteiger partial charge on any atom is -0.491 e. The molecule has 0 unspecified atom stereocenters. The molecule has 1 aromatic rings. The Morgan fingerprint density at radius 1 is 1.39 bits per heavy atom. The quantitative estimate of drug-likeness (QED) is 0.847. The fraction of sp³-hybridized carbons (Fsp3) is 0.538. The summed E-state index contributed by atoms with van der Waals surface area (Å²) in [4.78, 5) is 0. The van der Waals surface area contributed by atoms with Gasteiger partial charge in [0.05, 0.1) is 4.47 Å².